The summed E-state index contributed by atoms with van der Waals surface area (Å²) in [5, 5.41) is 11.0. The van der Waals surface area contributed by atoms with Crippen LogP contribution in [0.4, 0.5) is 5.13 Å². The lowest BCUT2D eigenvalue weighted by molar-refractivity contribution is 0.411. The zero-order valence-corrected chi connectivity index (χ0v) is 12.8. The van der Waals surface area contributed by atoms with Crippen LogP contribution in [-0.2, 0) is 5.75 Å². The molecule has 0 atom stereocenters. The number of nitrogens with zero attached hydrogens (tertiary/aromatic N) is 3. The van der Waals surface area contributed by atoms with Crippen LogP contribution in [-0.4, -0.2) is 22.3 Å². The molecule has 0 bridgehead atoms. The third-order valence-corrected chi connectivity index (χ3v) is 4.23. The van der Waals surface area contributed by atoms with E-state index in [-0.39, 0.29) is 0 Å². The van der Waals surface area contributed by atoms with Crippen molar-refractivity contribution < 1.29 is 9.15 Å². The molecule has 1 aromatic carbocycles. The number of hydrogen-bond acceptors (Lipinski definition) is 8. The molecule has 8 heteroatoms. The molecule has 0 radical (unpaired) electrons. The van der Waals surface area contributed by atoms with Crippen LogP contribution in [0.25, 0.3) is 11.5 Å². The maximum atomic E-state index is 5.65. The lowest BCUT2D eigenvalue weighted by atomic mass is 10.2. The maximum Gasteiger partial charge on any atom is 0.277 e. The predicted octanol–water partition coefficient (Wildman–Crippen LogP) is 3.08. The second-order valence-corrected chi connectivity index (χ2v) is 5.86. The van der Waals surface area contributed by atoms with Crippen molar-refractivity contribution in [1.29, 1.82) is 0 Å². The molecule has 0 aliphatic carbocycles. The summed E-state index contributed by atoms with van der Waals surface area (Å²) >= 11 is 2.84. The summed E-state index contributed by atoms with van der Waals surface area (Å²) in [4.78, 5) is 4.18. The van der Waals surface area contributed by atoms with Crippen LogP contribution >= 0.6 is 23.1 Å². The van der Waals surface area contributed by atoms with Gasteiger partial charge in [0.2, 0.25) is 0 Å². The van der Waals surface area contributed by atoms with E-state index < -0.39 is 0 Å². The third-order valence-electron chi connectivity index (χ3n) is 2.66. The number of para-hydroxylation sites is 1. The largest absolute Gasteiger partial charge is 0.496 e. The van der Waals surface area contributed by atoms with Gasteiger partial charge in [-0.05, 0) is 12.1 Å². The Morgan fingerprint density at radius 2 is 2.19 bits per heavy atom. The summed E-state index contributed by atoms with van der Waals surface area (Å²) in [5.74, 6) is 1.78. The van der Waals surface area contributed by atoms with E-state index in [2.05, 4.69) is 15.2 Å². The second-order valence-electron chi connectivity index (χ2n) is 4.04. The molecule has 0 spiro atoms. The molecule has 0 aliphatic rings. The molecule has 2 N–H and O–H groups in total. The summed E-state index contributed by atoms with van der Waals surface area (Å²) in [5.41, 5.74) is 7.27. The quantitative estimate of drug-likeness (QED) is 0.723. The minimum atomic E-state index is 0.438. The van der Waals surface area contributed by atoms with E-state index in [1.165, 1.54) is 23.1 Å². The highest BCUT2D eigenvalue weighted by Gasteiger charge is 2.13. The highest BCUT2D eigenvalue weighted by Crippen LogP contribution is 2.31. The predicted molar refractivity (Wildman–Crippen MR) is 82.4 cm³/mol. The summed E-state index contributed by atoms with van der Waals surface area (Å²) in [7, 11) is 1.61. The van der Waals surface area contributed by atoms with Gasteiger partial charge in [0.25, 0.3) is 11.1 Å². The number of benzene rings is 1. The molecular formula is C13H12N4O2S2. The van der Waals surface area contributed by atoms with Crippen molar-refractivity contribution in [1.82, 2.24) is 15.2 Å². The smallest absolute Gasteiger partial charge is 0.277 e. The normalized spacial score (nSPS) is 10.7. The number of nitrogens with two attached hydrogens (primary N) is 1. The molecule has 6 nitrogen and oxygen atoms in total. The summed E-state index contributed by atoms with van der Waals surface area (Å²) in [6.07, 6.45) is 0. The number of anilines is 1. The second kappa shape index (κ2) is 6.15. The van der Waals surface area contributed by atoms with E-state index >= 15 is 0 Å². The molecule has 0 fully saturated rings. The van der Waals surface area contributed by atoms with Gasteiger partial charge in [-0.25, -0.2) is 4.98 Å². The van der Waals surface area contributed by atoms with Crippen molar-refractivity contribution in [3.63, 3.8) is 0 Å². The van der Waals surface area contributed by atoms with Gasteiger partial charge >= 0.3 is 0 Å². The van der Waals surface area contributed by atoms with Crippen LogP contribution in [0, 0.1) is 0 Å². The Labute approximate surface area is 129 Å². The van der Waals surface area contributed by atoms with Crippen molar-refractivity contribution in [3.8, 4) is 17.2 Å². The highest BCUT2D eigenvalue weighted by molar-refractivity contribution is 7.98. The lowest BCUT2D eigenvalue weighted by Gasteiger charge is -2.03. The number of rotatable bonds is 5. The van der Waals surface area contributed by atoms with Gasteiger partial charge in [-0.3, -0.25) is 0 Å². The van der Waals surface area contributed by atoms with Crippen molar-refractivity contribution in [3.05, 3.63) is 35.3 Å². The summed E-state index contributed by atoms with van der Waals surface area (Å²) in [6.45, 7) is 0. The Morgan fingerprint density at radius 3 is 2.95 bits per heavy atom. The molecule has 0 saturated carbocycles. The van der Waals surface area contributed by atoms with Crippen LogP contribution in [0.2, 0.25) is 0 Å². The van der Waals surface area contributed by atoms with Gasteiger partial charge in [-0.15, -0.1) is 21.5 Å². The van der Waals surface area contributed by atoms with E-state index in [1.54, 1.807) is 7.11 Å². The average molecular weight is 320 g/mol. The fourth-order valence-corrected chi connectivity index (χ4v) is 3.05. The first-order valence-electron chi connectivity index (χ1n) is 6.06. The molecular weight excluding hydrogens is 308 g/mol. The zero-order valence-electron chi connectivity index (χ0n) is 11.1. The molecule has 0 amide bonds. The molecule has 2 heterocycles. The molecule has 0 saturated heterocycles. The monoisotopic (exact) mass is 320 g/mol. The van der Waals surface area contributed by atoms with Crippen LogP contribution < -0.4 is 10.5 Å². The van der Waals surface area contributed by atoms with Crippen LogP contribution in [0.5, 0.6) is 5.75 Å². The lowest BCUT2D eigenvalue weighted by Crippen LogP contribution is -1.87. The van der Waals surface area contributed by atoms with Gasteiger partial charge in [0, 0.05) is 11.1 Å². The first kappa shape index (κ1) is 13.9. The Hall–Kier alpha value is -2.06. The SMILES string of the molecule is COc1ccccc1-c1nnc(SCc2csc(N)n2)o1. The van der Waals surface area contributed by atoms with Gasteiger partial charge in [-0.1, -0.05) is 23.9 Å². The number of ether oxygens (including phenoxy) is 1. The Morgan fingerprint density at radius 1 is 1.33 bits per heavy atom. The van der Waals surface area contributed by atoms with Gasteiger partial charge in [0.15, 0.2) is 5.13 Å². The minimum Gasteiger partial charge on any atom is -0.496 e. The molecule has 2 aromatic heterocycles. The summed E-state index contributed by atoms with van der Waals surface area (Å²) in [6, 6.07) is 7.51. The van der Waals surface area contributed by atoms with Gasteiger partial charge in [0.1, 0.15) is 5.75 Å². The molecule has 0 unspecified atom stereocenters. The Bertz CT molecular complexity index is 741. The number of nitrogen functional groups attached to an aromatic ring is 1. The van der Waals surface area contributed by atoms with Crippen molar-refractivity contribution >= 4 is 28.2 Å². The number of aromatic nitrogens is 3. The fourth-order valence-electron chi connectivity index (χ4n) is 1.72. The Balaban J connectivity index is 1.74. The molecule has 108 valence electrons. The maximum absolute atomic E-state index is 5.65. The zero-order chi connectivity index (χ0) is 14.7. The standard InChI is InChI=1S/C13H12N4O2S2/c1-18-10-5-3-2-4-9(10)11-16-17-13(19-11)21-7-8-6-20-12(14)15-8/h2-6H,7H2,1H3,(H2,14,15). The van der Waals surface area contributed by atoms with Crippen molar-refractivity contribution in [2.75, 3.05) is 12.8 Å². The van der Waals surface area contributed by atoms with Gasteiger partial charge in [-0.2, -0.15) is 0 Å². The van der Waals surface area contributed by atoms with E-state index in [4.69, 9.17) is 14.9 Å². The average Bonchev–Trinajstić information content (AvgIpc) is 3.14. The van der Waals surface area contributed by atoms with Gasteiger partial charge < -0.3 is 14.9 Å². The fraction of sp³-hybridized carbons (Fsp3) is 0.154. The van der Waals surface area contributed by atoms with Crippen molar-refractivity contribution in [2.24, 2.45) is 0 Å². The van der Waals surface area contributed by atoms with E-state index in [9.17, 15) is 0 Å². The topological polar surface area (TPSA) is 87.1 Å². The van der Waals surface area contributed by atoms with Crippen molar-refractivity contribution in [2.45, 2.75) is 11.0 Å². The van der Waals surface area contributed by atoms with Gasteiger partial charge in [0.05, 0.1) is 18.4 Å². The van der Waals surface area contributed by atoms with Crippen LogP contribution in [0.1, 0.15) is 5.69 Å². The van der Waals surface area contributed by atoms with Crippen LogP contribution in [0.15, 0.2) is 39.3 Å². The number of thiazole rings is 1. The number of thioether (sulfide) groups is 1. The molecule has 0 aliphatic heterocycles. The molecule has 21 heavy (non-hydrogen) atoms. The number of hydrogen-bond donors (Lipinski definition) is 1. The minimum absolute atomic E-state index is 0.438. The first-order chi connectivity index (χ1) is 10.3. The number of methoxy groups -OCH3 is 1. The highest BCUT2D eigenvalue weighted by atomic mass is 32.2. The molecule has 3 aromatic rings. The molecule has 3 rings (SSSR count). The van der Waals surface area contributed by atoms with Crippen LogP contribution in [0.3, 0.4) is 0 Å². The Kier molecular flexibility index (Phi) is 4.07. The first-order valence-corrected chi connectivity index (χ1v) is 7.92. The summed E-state index contributed by atoms with van der Waals surface area (Å²) < 4.78 is 10.9. The van der Waals surface area contributed by atoms with E-state index in [1.807, 2.05) is 29.6 Å². The van der Waals surface area contributed by atoms with E-state index in [0.29, 0.717) is 27.7 Å². The third kappa shape index (κ3) is 3.17. The van der Waals surface area contributed by atoms with E-state index in [0.717, 1.165) is 11.3 Å².